The van der Waals surface area contributed by atoms with Crippen molar-refractivity contribution >= 4 is 12.0 Å². The summed E-state index contributed by atoms with van der Waals surface area (Å²) in [6, 6.07) is 14.8. The third-order valence-corrected chi connectivity index (χ3v) is 6.70. The Kier molecular flexibility index (Phi) is 8.06. The molecule has 0 spiro atoms. The van der Waals surface area contributed by atoms with E-state index in [4.69, 9.17) is 10.5 Å². The van der Waals surface area contributed by atoms with Crippen molar-refractivity contribution in [3.63, 3.8) is 0 Å². The maximum atomic E-state index is 13.6. The van der Waals surface area contributed by atoms with E-state index in [1.54, 1.807) is 36.4 Å². The van der Waals surface area contributed by atoms with Crippen LogP contribution in [-0.2, 0) is 12.7 Å². The van der Waals surface area contributed by atoms with Crippen molar-refractivity contribution in [3.8, 4) is 22.8 Å². The molecular formula is C29H31F3N4O4. The van der Waals surface area contributed by atoms with Gasteiger partial charge in [-0.15, -0.1) is 0 Å². The molecule has 1 atom stereocenters. The highest BCUT2D eigenvalue weighted by atomic mass is 19.4. The monoisotopic (exact) mass is 556 g/mol. The topological polar surface area (TPSA) is 109 Å². The number of carbonyl (C=O) groups excluding carboxylic acids is 1. The Hall–Kier alpha value is -4.12. The number of pyridine rings is 1. The minimum Gasteiger partial charge on any atom is -0.465 e. The fourth-order valence-corrected chi connectivity index (χ4v) is 4.93. The molecule has 2 heterocycles. The minimum absolute atomic E-state index is 0.130. The quantitative estimate of drug-likeness (QED) is 0.369. The van der Waals surface area contributed by atoms with Crippen LogP contribution in [0.3, 0.4) is 0 Å². The molecule has 1 aromatic heterocycles. The number of nitrogens with zero attached hydrogens (tertiary/aromatic N) is 3. The molecule has 11 heteroatoms. The van der Waals surface area contributed by atoms with Crippen molar-refractivity contribution in [1.82, 2.24) is 14.8 Å². The second-order valence-electron chi connectivity index (χ2n) is 10.7. The third kappa shape index (κ3) is 6.71. The van der Waals surface area contributed by atoms with Gasteiger partial charge in [-0.3, -0.25) is 14.6 Å². The molecule has 0 aliphatic carbocycles. The zero-order valence-electron chi connectivity index (χ0n) is 22.4. The fraction of sp³-hybridized carbons (Fsp3) is 0.345. The molecule has 2 aromatic carbocycles. The number of carbonyl (C=O) groups is 2. The Morgan fingerprint density at radius 1 is 1.10 bits per heavy atom. The Balaban J connectivity index is 1.56. The smallest absolute Gasteiger partial charge is 0.416 e. The lowest BCUT2D eigenvalue weighted by Crippen LogP contribution is -2.52. The standard InChI is InChI=1S/C29H31F3N4O4/c1-28(2,3)36(27(38)39)21-13-14-35(17-21)16-19-15-20(29(30,31)32)9-12-25(19)40-22-10-7-18(8-11-22)23-5-4-6-24(34-23)26(33)37/h4-12,15,21H,13-14,16-17H2,1-3H3,(H2,33,37)(H,38,39). The number of amides is 2. The van der Waals surface area contributed by atoms with Gasteiger partial charge in [0.2, 0.25) is 0 Å². The van der Waals surface area contributed by atoms with E-state index in [0.717, 1.165) is 12.1 Å². The number of hydrogen-bond acceptors (Lipinski definition) is 5. The second kappa shape index (κ2) is 11.2. The number of carboxylic acid groups (broad SMARTS) is 1. The van der Waals surface area contributed by atoms with Gasteiger partial charge in [0.05, 0.1) is 11.3 Å². The molecular weight excluding hydrogens is 525 g/mol. The van der Waals surface area contributed by atoms with E-state index in [1.165, 1.54) is 17.0 Å². The van der Waals surface area contributed by atoms with Crippen LogP contribution in [0.2, 0.25) is 0 Å². The molecule has 1 saturated heterocycles. The number of ether oxygens (including phenoxy) is 1. The predicted molar refractivity (Wildman–Crippen MR) is 143 cm³/mol. The number of halogens is 3. The van der Waals surface area contributed by atoms with Gasteiger partial charge >= 0.3 is 12.3 Å². The van der Waals surface area contributed by atoms with Crippen molar-refractivity contribution in [2.45, 2.75) is 51.5 Å². The van der Waals surface area contributed by atoms with Crippen LogP contribution in [0.15, 0.2) is 60.7 Å². The maximum absolute atomic E-state index is 13.6. The summed E-state index contributed by atoms with van der Waals surface area (Å²) in [4.78, 5) is 30.9. The molecule has 0 radical (unpaired) electrons. The first-order valence-electron chi connectivity index (χ1n) is 12.7. The third-order valence-electron chi connectivity index (χ3n) is 6.70. The highest BCUT2D eigenvalue weighted by molar-refractivity contribution is 5.91. The van der Waals surface area contributed by atoms with Crippen LogP contribution in [0.25, 0.3) is 11.3 Å². The number of likely N-dealkylation sites (tertiary alicyclic amines) is 1. The Morgan fingerprint density at radius 3 is 2.40 bits per heavy atom. The molecule has 0 saturated carbocycles. The van der Waals surface area contributed by atoms with Gasteiger partial charge in [0.25, 0.3) is 5.91 Å². The van der Waals surface area contributed by atoms with Crippen LogP contribution in [-0.4, -0.2) is 56.6 Å². The first-order valence-corrected chi connectivity index (χ1v) is 12.7. The van der Waals surface area contributed by atoms with Crippen LogP contribution in [0.4, 0.5) is 18.0 Å². The zero-order chi connectivity index (χ0) is 29.2. The number of alkyl halides is 3. The summed E-state index contributed by atoms with van der Waals surface area (Å²) in [5.41, 5.74) is 5.62. The normalized spacial score (nSPS) is 16.1. The number of primary amides is 1. The predicted octanol–water partition coefficient (Wildman–Crippen LogP) is 6.01. The van der Waals surface area contributed by atoms with Crippen LogP contribution in [0.5, 0.6) is 11.5 Å². The van der Waals surface area contributed by atoms with E-state index in [1.807, 2.05) is 25.7 Å². The van der Waals surface area contributed by atoms with E-state index >= 15 is 0 Å². The molecule has 2 amide bonds. The van der Waals surface area contributed by atoms with Gasteiger partial charge in [-0.1, -0.05) is 6.07 Å². The molecule has 3 aromatic rings. The zero-order valence-corrected chi connectivity index (χ0v) is 22.4. The number of aromatic nitrogens is 1. The van der Waals surface area contributed by atoms with Crippen molar-refractivity contribution in [2.75, 3.05) is 13.1 Å². The molecule has 4 rings (SSSR count). The Labute approximate surface area is 230 Å². The SMILES string of the molecule is CC(C)(C)N(C(=O)O)C1CCN(Cc2cc(C(F)(F)F)ccc2Oc2ccc(-c3cccc(C(N)=O)n3)cc2)C1. The van der Waals surface area contributed by atoms with Crippen LogP contribution >= 0.6 is 0 Å². The molecule has 1 aliphatic rings. The number of hydrogen-bond donors (Lipinski definition) is 2. The van der Waals surface area contributed by atoms with Gasteiger partial charge in [0.15, 0.2) is 0 Å². The van der Waals surface area contributed by atoms with Crippen molar-refractivity contribution < 1.29 is 32.6 Å². The highest BCUT2D eigenvalue weighted by Crippen LogP contribution is 2.36. The molecule has 1 unspecified atom stereocenters. The summed E-state index contributed by atoms with van der Waals surface area (Å²) in [6.45, 7) is 6.54. The molecule has 0 bridgehead atoms. The largest absolute Gasteiger partial charge is 0.465 e. The summed E-state index contributed by atoms with van der Waals surface area (Å²) in [5.74, 6) is 0.0268. The summed E-state index contributed by atoms with van der Waals surface area (Å²) in [6.07, 6.45) is -4.98. The van der Waals surface area contributed by atoms with Crippen molar-refractivity contribution in [3.05, 3.63) is 77.5 Å². The average Bonchev–Trinajstić information content (AvgIpc) is 3.31. The van der Waals surface area contributed by atoms with Gasteiger partial charge < -0.3 is 15.6 Å². The molecule has 3 N–H and O–H groups in total. The Bertz CT molecular complexity index is 1390. The first-order chi connectivity index (χ1) is 18.7. The lowest BCUT2D eigenvalue weighted by molar-refractivity contribution is -0.137. The lowest BCUT2D eigenvalue weighted by atomic mass is 10.0. The molecule has 1 aliphatic heterocycles. The molecule has 40 heavy (non-hydrogen) atoms. The van der Waals surface area contributed by atoms with E-state index in [9.17, 15) is 27.9 Å². The van der Waals surface area contributed by atoms with E-state index < -0.39 is 29.3 Å². The van der Waals surface area contributed by atoms with Crippen molar-refractivity contribution in [2.24, 2.45) is 5.73 Å². The fourth-order valence-electron chi connectivity index (χ4n) is 4.93. The maximum Gasteiger partial charge on any atom is 0.416 e. The Morgan fingerprint density at radius 2 is 1.80 bits per heavy atom. The van der Waals surface area contributed by atoms with Crippen LogP contribution < -0.4 is 10.5 Å². The number of nitrogens with two attached hydrogens (primary N) is 1. The molecule has 1 fully saturated rings. The van der Waals surface area contributed by atoms with E-state index in [0.29, 0.717) is 42.1 Å². The summed E-state index contributed by atoms with van der Waals surface area (Å²) < 4.78 is 46.7. The van der Waals surface area contributed by atoms with Gasteiger partial charge in [0.1, 0.15) is 17.2 Å². The van der Waals surface area contributed by atoms with Crippen molar-refractivity contribution in [1.29, 1.82) is 0 Å². The summed E-state index contributed by atoms with van der Waals surface area (Å²) in [7, 11) is 0. The van der Waals surface area contributed by atoms with E-state index in [2.05, 4.69) is 4.98 Å². The molecule has 8 nitrogen and oxygen atoms in total. The van der Waals surface area contributed by atoms with Gasteiger partial charge in [-0.2, -0.15) is 13.2 Å². The average molecular weight is 557 g/mol. The van der Waals surface area contributed by atoms with Gasteiger partial charge in [-0.25, -0.2) is 9.78 Å². The second-order valence-corrected chi connectivity index (χ2v) is 10.7. The van der Waals surface area contributed by atoms with E-state index in [-0.39, 0.29) is 24.0 Å². The van der Waals surface area contributed by atoms with Gasteiger partial charge in [0, 0.05) is 42.3 Å². The molecule has 212 valence electrons. The number of benzene rings is 2. The first kappa shape index (κ1) is 28.9. The lowest BCUT2D eigenvalue weighted by Gasteiger charge is -2.38. The van der Waals surface area contributed by atoms with Crippen LogP contribution in [0.1, 0.15) is 48.8 Å². The highest BCUT2D eigenvalue weighted by Gasteiger charge is 2.38. The summed E-state index contributed by atoms with van der Waals surface area (Å²) in [5, 5.41) is 9.75. The summed E-state index contributed by atoms with van der Waals surface area (Å²) >= 11 is 0. The minimum atomic E-state index is -4.53. The van der Waals surface area contributed by atoms with Crippen LogP contribution in [0, 0.1) is 0 Å². The number of rotatable bonds is 7. The van der Waals surface area contributed by atoms with Gasteiger partial charge in [-0.05, 0) is 81.8 Å².